The molecule has 0 aliphatic carbocycles. The standard InChI is InChI=1S/C8H20N2/c1-5-10(4)7-6-9(2,3)8-10/h5-8H2,1-4H3/q+2. The molecular formula is C8H20N2+2. The van der Waals surface area contributed by atoms with Gasteiger partial charge in [-0.05, 0) is 6.92 Å². The van der Waals surface area contributed by atoms with Gasteiger partial charge in [-0.3, -0.25) is 8.97 Å². The molecule has 2 heteroatoms. The van der Waals surface area contributed by atoms with Gasteiger partial charge in [0.25, 0.3) is 0 Å². The zero-order chi connectivity index (χ0) is 7.83. The van der Waals surface area contributed by atoms with Crippen LogP contribution < -0.4 is 0 Å². The van der Waals surface area contributed by atoms with E-state index in [1.54, 1.807) is 0 Å². The van der Waals surface area contributed by atoms with E-state index < -0.39 is 0 Å². The first-order chi connectivity index (χ1) is 4.47. The number of hydrogen-bond acceptors (Lipinski definition) is 0. The lowest BCUT2D eigenvalue weighted by Gasteiger charge is -2.28. The molecule has 0 bridgehead atoms. The van der Waals surface area contributed by atoms with Crippen LogP contribution in [0.3, 0.4) is 0 Å². The fourth-order valence-corrected chi connectivity index (χ4v) is 1.84. The van der Waals surface area contributed by atoms with E-state index >= 15 is 0 Å². The topological polar surface area (TPSA) is 0 Å². The van der Waals surface area contributed by atoms with Gasteiger partial charge in [-0.25, -0.2) is 0 Å². The summed E-state index contributed by atoms with van der Waals surface area (Å²) in [5.41, 5.74) is 0. The van der Waals surface area contributed by atoms with Crippen LogP contribution in [0.4, 0.5) is 0 Å². The Morgan fingerprint density at radius 1 is 1.10 bits per heavy atom. The van der Waals surface area contributed by atoms with Crippen molar-refractivity contribution in [3.63, 3.8) is 0 Å². The molecule has 1 fully saturated rings. The molecule has 0 spiro atoms. The molecule has 2 nitrogen and oxygen atoms in total. The second kappa shape index (κ2) is 2.21. The van der Waals surface area contributed by atoms with Crippen LogP contribution in [0.2, 0.25) is 0 Å². The molecule has 60 valence electrons. The first-order valence-electron chi connectivity index (χ1n) is 4.13. The van der Waals surface area contributed by atoms with E-state index in [4.69, 9.17) is 0 Å². The van der Waals surface area contributed by atoms with Crippen LogP contribution >= 0.6 is 0 Å². The molecule has 0 aromatic heterocycles. The number of nitrogens with zero attached hydrogens (tertiary/aromatic N) is 2. The van der Waals surface area contributed by atoms with Crippen molar-refractivity contribution in [2.45, 2.75) is 6.92 Å². The molecule has 10 heavy (non-hydrogen) atoms. The summed E-state index contributed by atoms with van der Waals surface area (Å²) in [5.74, 6) is 0. The van der Waals surface area contributed by atoms with Crippen molar-refractivity contribution in [1.29, 1.82) is 0 Å². The van der Waals surface area contributed by atoms with Crippen molar-refractivity contribution in [3.8, 4) is 0 Å². The molecule has 1 aliphatic rings. The fourth-order valence-electron chi connectivity index (χ4n) is 1.84. The third-order valence-electron chi connectivity index (χ3n) is 2.73. The zero-order valence-corrected chi connectivity index (χ0v) is 7.72. The van der Waals surface area contributed by atoms with Gasteiger partial charge in [0.1, 0.15) is 13.1 Å². The normalized spacial score (nSPS) is 38.4. The molecule has 1 aliphatic heterocycles. The van der Waals surface area contributed by atoms with Gasteiger partial charge in [0.15, 0.2) is 0 Å². The Labute approximate surface area is 64.2 Å². The predicted molar refractivity (Wildman–Crippen MR) is 43.4 cm³/mol. The first kappa shape index (κ1) is 8.02. The Balaban J connectivity index is 2.57. The Morgan fingerprint density at radius 3 is 1.90 bits per heavy atom. The van der Waals surface area contributed by atoms with E-state index in [-0.39, 0.29) is 0 Å². The first-order valence-corrected chi connectivity index (χ1v) is 4.13. The molecule has 0 saturated carbocycles. The summed E-state index contributed by atoms with van der Waals surface area (Å²) >= 11 is 0. The minimum Gasteiger partial charge on any atom is -0.277 e. The minimum absolute atomic E-state index is 1.20. The maximum atomic E-state index is 2.35. The molecule has 0 aromatic carbocycles. The van der Waals surface area contributed by atoms with Crippen molar-refractivity contribution in [1.82, 2.24) is 0 Å². The molecule has 0 aromatic rings. The molecule has 0 N–H and O–H groups in total. The smallest absolute Gasteiger partial charge is 0.207 e. The highest BCUT2D eigenvalue weighted by atomic mass is 15.5. The maximum Gasteiger partial charge on any atom is 0.207 e. The highest BCUT2D eigenvalue weighted by molar-refractivity contribution is 4.40. The minimum atomic E-state index is 1.20. The summed E-state index contributed by atoms with van der Waals surface area (Å²) in [5, 5.41) is 0. The average molecular weight is 144 g/mol. The van der Waals surface area contributed by atoms with Crippen LogP contribution in [-0.2, 0) is 0 Å². The van der Waals surface area contributed by atoms with Crippen molar-refractivity contribution >= 4 is 0 Å². The van der Waals surface area contributed by atoms with Crippen molar-refractivity contribution in [3.05, 3.63) is 0 Å². The van der Waals surface area contributed by atoms with Gasteiger partial charge in [-0.1, -0.05) is 0 Å². The lowest BCUT2D eigenvalue weighted by molar-refractivity contribution is -1.02. The summed E-state index contributed by atoms with van der Waals surface area (Å²) < 4.78 is 2.46. The van der Waals surface area contributed by atoms with Gasteiger partial charge in [-0.2, -0.15) is 0 Å². The second-order valence-electron chi connectivity index (χ2n) is 4.46. The van der Waals surface area contributed by atoms with Gasteiger partial charge >= 0.3 is 0 Å². The summed E-state index contributed by atoms with van der Waals surface area (Å²) in [6.07, 6.45) is 0. The lowest BCUT2D eigenvalue weighted by atomic mass is 10.5. The van der Waals surface area contributed by atoms with E-state index in [9.17, 15) is 0 Å². The Kier molecular flexibility index (Phi) is 1.77. The zero-order valence-electron chi connectivity index (χ0n) is 7.72. The highest BCUT2D eigenvalue weighted by Gasteiger charge is 2.38. The lowest BCUT2D eigenvalue weighted by Crippen LogP contribution is -2.46. The van der Waals surface area contributed by atoms with E-state index in [2.05, 4.69) is 28.1 Å². The predicted octanol–water partition coefficient (Wildman–Crippen LogP) is 0.500. The molecule has 1 rings (SSSR count). The van der Waals surface area contributed by atoms with Crippen LogP contribution in [-0.4, -0.2) is 56.4 Å². The van der Waals surface area contributed by atoms with Crippen LogP contribution in [0, 0.1) is 0 Å². The Morgan fingerprint density at radius 2 is 1.70 bits per heavy atom. The monoisotopic (exact) mass is 144 g/mol. The summed E-state index contributed by atoms with van der Waals surface area (Å²) in [7, 11) is 6.99. The number of rotatable bonds is 1. The highest BCUT2D eigenvalue weighted by Crippen LogP contribution is 2.16. The van der Waals surface area contributed by atoms with E-state index in [1.807, 2.05) is 0 Å². The van der Waals surface area contributed by atoms with Crippen LogP contribution in [0.5, 0.6) is 0 Å². The van der Waals surface area contributed by atoms with Gasteiger partial charge in [0.2, 0.25) is 6.67 Å². The molecule has 1 saturated heterocycles. The molecule has 0 amide bonds. The van der Waals surface area contributed by atoms with E-state index in [1.165, 1.54) is 35.3 Å². The van der Waals surface area contributed by atoms with Crippen LogP contribution in [0.1, 0.15) is 6.92 Å². The van der Waals surface area contributed by atoms with Gasteiger partial charge in [0.05, 0.1) is 27.7 Å². The SMILES string of the molecule is CC[N+]1(C)CC[N+](C)(C)C1. The Bertz CT molecular complexity index is 131. The quantitative estimate of drug-likeness (QED) is 0.470. The Hall–Kier alpha value is -0.0800. The van der Waals surface area contributed by atoms with Crippen molar-refractivity contribution in [2.24, 2.45) is 0 Å². The van der Waals surface area contributed by atoms with E-state index in [0.717, 1.165) is 0 Å². The summed E-state index contributed by atoms with van der Waals surface area (Å²) in [6, 6.07) is 0. The van der Waals surface area contributed by atoms with Crippen molar-refractivity contribution in [2.75, 3.05) is 47.4 Å². The molecule has 1 atom stereocenters. The van der Waals surface area contributed by atoms with Crippen molar-refractivity contribution < 1.29 is 8.97 Å². The van der Waals surface area contributed by atoms with Gasteiger partial charge < -0.3 is 0 Å². The fraction of sp³-hybridized carbons (Fsp3) is 1.00. The summed E-state index contributed by atoms with van der Waals surface area (Å²) in [6.45, 7) is 7.55. The number of likely N-dealkylation sites (N-methyl/N-ethyl adjacent to an activating group) is 2. The molecule has 0 radical (unpaired) electrons. The third kappa shape index (κ3) is 1.50. The number of quaternary nitrogens is 2. The summed E-state index contributed by atoms with van der Waals surface area (Å²) in [4.78, 5) is 0. The van der Waals surface area contributed by atoms with Crippen LogP contribution in [0.15, 0.2) is 0 Å². The van der Waals surface area contributed by atoms with Crippen LogP contribution in [0.25, 0.3) is 0 Å². The average Bonchev–Trinajstić information content (AvgIpc) is 2.08. The molecule has 1 unspecified atom stereocenters. The van der Waals surface area contributed by atoms with E-state index in [0.29, 0.717) is 0 Å². The number of hydrogen-bond donors (Lipinski definition) is 0. The molecule has 1 heterocycles. The maximum absolute atomic E-state index is 2.35. The second-order valence-corrected chi connectivity index (χ2v) is 4.46. The molecular weight excluding hydrogens is 124 g/mol. The van der Waals surface area contributed by atoms with Gasteiger partial charge in [-0.15, -0.1) is 0 Å². The third-order valence-corrected chi connectivity index (χ3v) is 2.73. The van der Waals surface area contributed by atoms with Gasteiger partial charge in [0, 0.05) is 0 Å². The largest absolute Gasteiger partial charge is 0.277 e.